The predicted molar refractivity (Wildman–Crippen MR) is 110 cm³/mol. The number of hydrogen-bond acceptors (Lipinski definition) is 8. The summed E-state index contributed by atoms with van der Waals surface area (Å²) in [6.07, 6.45) is 3.35. The minimum Gasteiger partial charge on any atom is -0.438 e. The molecule has 0 unspecified atom stereocenters. The number of hydrogen-bond donors (Lipinski definition) is 2. The molecule has 148 valence electrons. The van der Waals surface area contributed by atoms with Gasteiger partial charge in [-0.15, -0.1) is 0 Å². The second-order valence-corrected chi connectivity index (χ2v) is 6.96. The monoisotopic (exact) mass is 389 g/mol. The molecule has 8 heteroatoms. The smallest absolute Gasteiger partial charge is 0.224 e. The van der Waals surface area contributed by atoms with Crippen LogP contribution in [0.15, 0.2) is 36.7 Å². The molecule has 3 rings (SSSR count). The van der Waals surface area contributed by atoms with Crippen molar-refractivity contribution < 1.29 is 4.74 Å². The molecule has 0 aliphatic rings. The molecule has 1 aromatic carbocycles. The summed E-state index contributed by atoms with van der Waals surface area (Å²) in [7, 11) is 0. The van der Waals surface area contributed by atoms with Crippen LogP contribution in [0, 0.1) is 24.2 Å². The van der Waals surface area contributed by atoms with E-state index in [-0.39, 0.29) is 0 Å². The maximum Gasteiger partial charge on any atom is 0.224 e. The number of aryl methyl sites for hydroxylation is 1. The average Bonchev–Trinajstić information content (AvgIpc) is 2.72. The van der Waals surface area contributed by atoms with E-state index in [1.54, 1.807) is 43.6 Å². The van der Waals surface area contributed by atoms with Crippen molar-refractivity contribution in [2.75, 3.05) is 11.9 Å². The van der Waals surface area contributed by atoms with Crippen molar-refractivity contribution in [1.29, 1.82) is 5.26 Å². The summed E-state index contributed by atoms with van der Waals surface area (Å²) in [5, 5.41) is 12.6. The van der Waals surface area contributed by atoms with E-state index in [9.17, 15) is 5.26 Å². The van der Waals surface area contributed by atoms with E-state index < -0.39 is 0 Å². The van der Waals surface area contributed by atoms with Crippen molar-refractivity contribution in [2.24, 2.45) is 11.7 Å². The van der Waals surface area contributed by atoms with Gasteiger partial charge in [-0.3, -0.25) is 0 Å². The standard InChI is InChI=1S/C21H23N7O/c1-13(2)10-24-19-7-20(28-14(3)27-19)29-18-6-15(8-22)4-5-17(18)21-25-11-16(9-23)12-26-21/h4-7,11-13H,9-10,23H2,1-3H3,(H,24,27,28). The summed E-state index contributed by atoms with van der Waals surface area (Å²) >= 11 is 0. The zero-order valence-corrected chi connectivity index (χ0v) is 16.7. The lowest BCUT2D eigenvalue weighted by molar-refractivity contribution is 0.461. The van der Waals surface area contributed by atoms with Crippen molar-refractivity contribution in [3.8, 4) is 29.1 Å². The highest BCUT2D eigenvalue weighted by Crippen LogP contribution is 2.32. The Labute approximate surface area is 169 Å². The molecule has 2 aromatic heterocycles. The number of nitrogens with one attached hydrogen (secondary N) is 1. The van der Waals surface area contributed by atoms with Crippen molar-refractivity contribution in [3.63, 3.8) is 0 Å². The van der Waals surface area contributed by atoms with Gasteiger partial charge in [0.05, 0.1) is 17.2 Å². The van der Waals surface area contributed by atoms with Crippen molar-refractivity contribution in [3.05, 3.63) is 53.6 Å². The van der Waals surface area contributed by atoms with Gasteiger partial charge in [0.15, 0.2) is 5.82 Å². The van der Waals surface area contributed by atoms with Gasteiger partial charge >= 0.3 is 0 Å². The quantitative estimate of drug-likeness (QED) is 0.630. The maximum absolute atomic E-state index is 9.28. The third-order valence-corrected chi connectivity index (χ3v) is 4.01. The van der Waals surface area contributed by atoms with E-state index in [2.05, 4.69) is 45.2 Å². The second kappa shape index (κ2) is 9.08. The zero-order chi connectivity index (χ0) is 20.8. The maximum atomic E-state index is 9.28. The highest BCUT2D eigenvalue weighted by atomic mass is 16.5. The molecule has 0 saturated carbocycles. The Bertz CT molecular complexity index is 1030. The molecule has 0 aliphatic carbocycles. The third kappa shape index (κ3) is 5.24. The number of rotatable bonds is 7. The molecule has 0 radical (unpaired) electrons. The topological polar surface area (TPSA) is 123 Å². The van der Waals surface area contributed by atoms with Crippen LogP contribution >= 0.6 is 0 Å². The Morgan fingerprint density at radius 3 is 2.59 bits per heavy atom. The summed E-state index contributed by atoms with van der Waals surface area (Å²) in [6, 6.07) is 8.96. The van der Waals surface area contributed by atoms with Crippen LogP contribution in [0.5, 0.6) is 11.6 Å². The highest BCUT2D eigenvalue weighted by Gasteiger charge is 2.13. The zero-order valence-electron chi connectivity index (χ0n) is 16.7. The first-order chi connectivity index (χ1) is 14.0. The Balaban J connectivity index is 1.96. The Morgan fingerprint density at radius 2 is 1.93 bits per heavy atom. The van der Waals surface area contributed by atoms with Gasteiger partial charge in [-0.05, 0) is 31.0 Å². The van der Waals surface area contributed by atoms with Gasteiger partial charge in [0.25, 0.3) is 0 Å². The first-order valence-corrected chi connectivity index (χ1v) is 9.31. The second-order valence-electron chi connectivity index (χ2n) is 6.96. The van der Waals surface area contributed by atoms with Crippen LogP contribution in [0.3, 0.4) is 0 Å². The van der Waals surface area contributed by atoms with Crippen molar-refractivity contribution in [2.45, 2.75) is 27.3 Å². The summed E-state index contributed by atoms with van der Waals surface area (Å²) in [5.74, 6) is 3.03. The number of nitrogens with zero attached hydrogens (tertiary/aromatic N) is 5. The normalized spacial score (nSPS) is 10.6. The number of nitrogens with two attached hydrogens (primary N) is 1. The Morgan fingerprint density at radius 1 is 1.17 bits per heavy atom. The molecule has 0 bridgehead atoms. The van der Waals surface area contributed by atoms with Gasteiger partial charge in [-0.2, -0.15) is 10.2 Å². The SMILES string of the molecule is Cc1nc(NCC(C)C)cc(Oc2cc(C#N)ccc2-c2ncc(CN)cn2)n1. The van der Waals surface area contributed by atoms with Gasteiger partial charge in [0.2, 0.25) is 5.88 Å². The van der Waals surface area contributed by atoms with Crippen LogP contribution in [0.25, 0.3) is 11.4 Å². The minimum atomic E-state index is 0.364. The number of ether oxygens (including phenoxy) is 1. The highest BCUT2D eigenvalue weighted by molar-refractivity contribution is 5.66. The van der Waals surface area contributed by atoms with Crippen LogP contribution in [-0.4, -0.2) is 26.5 Å². The van der Waals surface area contributed by atoms with Crippen LogP contribution < -0.4 is 15.8 Å². The lowest BCUT2D eigenvalue weighted by Gasteiger charge is -2.13. The van der Waals surface area contributed by atoms with Crippen LogP contribution in [0.2, 0.25) is 0 Å². The molecule has 0 aliphatic heterocycles. The fourth-order valence-electron chi connectivity index (χ4n) is 2.56. The van der Waals surface area contributed by atoms with Gasteiger partial charge in [0.1, 0.15) is 17.4 Å². The molecule has 0 saturated heterocycles. The van der Waals surface area contributed by atoms with Crippen LogP contribution in [0.4, 0.5) is 5.82 Å². The average molecular weight is 389 g/mol. The molecule has 29 heavy (non-hydrogen) atoms. The first-order valence-electron chi connectivity index (χ1n) is 9.31. The fourth-order valence-corrected chi connectivity index (χ4v) is 2.56. The summed E-state index contributed by atoms with van der Waals surface area (Å²) in [6.45, 7) is 7.19. The van der Waals surface area contributed by atoms with Gasteiger partial charge in [-0.25, -0.2) is 15.0 Å². The van der Waals surface area contributed by atoms with E-state index in [4.69, 9.17) is 10.5 Å². The van der Waals surface area contributed by atoms with E-state index in [1.165, 1.54) is 0 Å². The van der Waals surface area contributed by atoms with Crippen molar-refractivity contribution in [1.82, 2.24) is 19.9 Å². The lowest BCUT2D eigenvalue weighted by atomic mass is 10.1. The van der Waals surface area contributed by atoms with E-state index in [0.29, 0.717) is 52.7 Å². The van der Waals surface area contributed by atoms with E-state index in [0.717, 1.165) is 12.1 Å². The fraction of sp³-hybridized carbons (Fsp3) is 0.286. The van der Waals surface area contributed by atoms with Crippen molar-refractivity contribution >= 4 is 5.82 Å². The largest absolute Gasteiger partial charge is 0.438 e. The molecule has 0 fully saturated rings. The Kier molecular flexibility index (Phi) is 6.32. The molecular weight excluding hydrogens is 366 g/mol. The molecule has 0 atom stereocenters. The van der Waals surface area contributed by atoms with Gasteiger partial charge in [0, 0.05) is 37.1 Å². The van der Waals surface area contributed by atoms with Gasteiger partial charge in [-0.1, -0.05) is 13.8 Å². The number of anilines is 1. The summed E-state index contributed by atoms with van der Waals surface area (Å²) in [4.78, 5) is 17.5. The molecular formula is C21H23N7O. The molecule has 8 nitrogen and oxygen atoms in total. The molecule has 0 spiro atoms. The molecule has 3 N–H and O–H groups in total. The third-order valence-electron chi connectivity index (χ3n) is 4.01. The molecule has 3 aromatic rings. The predicted octanol–water partition coefficient (Wildman–Crippen LogP) is 3.43. The van der Waals surface area contributed by atoms with Crippen LogP contribution in [0.1, 0.15) is 30.8 Å². The Hall–Kier alpha value is -3.57. The first kappa shape index (κ1) is 20.2. The van der Waals surface area contributed by atoms with Crippen LogP contribution in [-0.2, 0) is 6.54 Å². The molecule has 0 amide bonds. The van der Waals surface area contributed by atoms with E-state index >= 15 is 0 Å². The number of aromatic nitrogens is 4. The van der Waals surface area contributed by atoms with E-state index in [1.807, 2.05) is 0 Å². The minimum absolute atomic E-state index is 0.364. The number of nitriles is 1. The number of benzene rings is 1. The lowest BCUT2D eigenvalue weighted by Crippen LogP contribution is -2.10. The van der Waals surface area contributed by atoms with Gasteiger partial charge < -0.3 is 15.8 Å². The molecule has 2 heterocycles. The summed E-state index contributed by atoms with van der Waals surface area (Å²) < 4.78 is 6.04. The summed E-state index contributed by atoms with van der Waals surface area (Å²) in [5.41, 5.74) is 7.57.